The Morgan fingerprint density at radius 1 is 0.833 bits per heavy atom. The second-order valence-electron chi connectivity index (χ2n) is 5.37. The van der Waals surface area contributed by atoms with E-state index < -0.39 is 0 Å². The predicted molar refractivity (Wildman–Crippen MR) is 93.5 cm³/mol. The molecule has 0 N–H and O–H groups in total. The van der Waals surface area contributed by atoms with Crippen molar-refractivity contribution in [2.24, 2.45) is 0 Å². The van der Waals surface area contributed by atoms with E-state index in [0.717, 1.165) is 27.8 Å². The number of hydrogen-bond acceptors (Lipinski definition) is 1. The molecular formula is C21H13FN2. The topological polar surface area (TPSA) is 17.8 Å². The van der Waals surface area contributed by atoms with Gasteiger partial charge in [0.2, 0.25) is 0 Å². The standard InChI is InChI=1S/C21H13FN2/c22-18-10-7-16(8-11-18)6-9-17-12-14-23-21-20(17)13-15-24(21)19-4-2-1-3-5-19/h1-5,7-8,10-15H. The van der Waals surface area contributed by atoms with Crippen molar-refractivity contribution in [2.45, 2.75) is 0 Å². The molecule has 0 aliphatic rings. The third-order valence-electron chi connectivity index (χ3n) is 3.81. The fourth-order valence-electron chi connectivity index (χ4n) is 2.62. The lowest BCUT2D eigenvalue weighted by molar-refractivity contribution is 0.627. The van der Waals surface area contributed by atoms with Crippen LogP contribution in [0.4, 0.5) is 4.39 Å². The zero-order valence-corrected chi connectivity index (χ0v) is 12.8. The zero-order valence-electron chi connectivity index (χ0n) is 12.8. The number of hydrogen-bond donors (Lipinski definition) is 0. The molecule has 0 saturated heterocycles. The van der Waals surface area contributed by atoms with Crippen molar-refractivity contribution >= 4 is 11.0 Å². The van der Waals surface area contributed by atoms with Crippen LogP contribution in [-0.4, -0.2) is 9.55 Å². The quantitative estimate of drug-likeness (QED) is 0.471. The molecular weight excluding hydrogens is 299 g/mol. The molecule has 4 aromatic rings. The first-order chi connectivity index (χ1) is 11.8. The first-order valence-electron chi connectivity index (χ1n) is 7.60. The van der Waals surface area contributed by atoms with Crippen LogP contribution in [0.5, 0.6) is 0 Å². The van der Waals surface area contributed by atoms with Gasteiger partial charge in [-0.05, 0) is 48.5 Å². The SMILES string of the molecule is Fc1ccc(C#Cc2ccnc3c2ccn3-c2ccccc2)cc1. The molecule has 2 heterocycles. The van der Waals surface area contributed by atoms with Crippen molar-refractivity contribution in [3.05, 3.63) is 96.1 Å². The zero-order chi connectivity index (χ0) is 16.4. The summed E-state index contributed by atoms with van der Waals surface area (Å²) in [6.07, 6.45) is 3.76. The number of pyridine rings is 1. The maximum atomic E-state index is 13.0. The number of benzene rings is 2. The van der Waals surface area contributed by atoms with Gasteiger partial charge in [-0.1, -0.05) is 30.0 Å². The van der Waals surface area contributed by atoms with Crippen molar-refractivity contribution in [3.63, 3.8) is 0 Å². The second-order valence-corrected chi connectivity index (χ2v) is 5.37. The highest BCUT2D eigenvalue weighted by Crippen LogP contribution is 2.21. The highest BCUT2D eigenvalue weighted by Gasteiger charge is 2.06. The average molecular weight is 312 g/mol. The Hall–Kier alpha value is -3.38. The molecule has 2 nitrogen and oxygen atoms in total. The Kier molecular flexibility index (Phi) is 3.57. The maximum Gasteiger partial charge on any atom is 0.145 e. The lowest BCUT2D eigenvalue weighted by atomic mass is 10.1. The molecule has 0 amide bonds. The van der Waals surface area contributed by atoms with Gasteiger partial charge in [-0.2, -0.15) is 0 Å². The van der Waals surface area contributed by atoms with Crippen LogP contribution >= 0.6 is 0 Å². The smallest absolute Gasteiger partial charge is 0.145 e. The summed E-state index contributed by atoms with van der Waals surface area (Å²) in [6.45, 7) is 0. The largest absolute Gasteiger partial charge is 0.301 e. The van der Waals surface area contributed by atoms with Crippen LogP contribution in [0.25, 0.3) is 16.7 Å². The summed E-state index contributed by atoms with van der Waals surface area (Å²) in [5.41, 5.74) is 3.61. The average Bonchev–Trinajstić information content (AvgIpc) is 3.07. The summed E-state index contributed by atoms with van der Waals surface area (Å²) in [4.78, 5) is 4.49. The third-order valence-corrected chi connectivity index (χ3v) is 3.81. The van der Waals surface area contributed by atoms with Gasteiger partial charge in [0, 0.05) is 34.6 Å². The highest BCUT2D eigenvalue weighted by molar-refractivity contribution is 5.84. The van der Waals surface area contributed by atoms with Gasteiger partial charge >= 0.3 is 0 Å². The molecule has 0 atom stereocenters. The normalized spacial score (nSPS) is 10.4. The lowest BCUT2D eigenvalue weighted by Gasteiger charge is -2.04. The molecule has 3 heteroatoms. The predicted octanol–water partition coefficient (Wildman–Crippen LogP) is 4.56. The Labute approximate surface area is 139 Å². The van der Waals surface area contributed by atoms with Crippen molar-refractivity contribution < 1.29 is 4.39 Å². The molecule has 4 rings (SSSR count). The van der Waals surface area contributed by atoms with E-state index in [0.29, 0.717) is 0 Å². The minimum atomic E-state index is -0.258. The molecule has 24 heavy (non-hydrogen) atoms. The van der Waals surface area contributed by atoms with Crippen LogP contribution in [0, 0.1) is 17.7 Å². The van der Waals surface area contributed by atoms with Gasteiger partial charge in [0.25, 0.3) is 0 Å². The number of aromatic nitrogens is 2. The van der Waals surface area contributed by atoms with Crippen LogP contribution in [0.3, 0.4) is 0 Å². The number of rotatable bonds is 1. The fourth-order valence-corrected chi connectivity index (χ4v) is 2.62. The van der Waals surface area contributed by atoms with Gasteiger partial charge in [-0.15, -0.1) is 0 Å². The number of halogens is 1. The van der Waals surface area contributed by atoms with E-state index >= 15 is 0 Å². The summed E-state index contributed by atoms with van der Waals surface area (Å²) in [5, 5.41) is 0.996. The van der Waals surface area contributed by atoms with Crippen molar-refractivity contribution in [2.75, 3.05) is 0 Å². The minimum Gasteiger partial charge on any atom is -0.301 e. The molecule has 114 valence electrons. The second kappa shape index (κ2) is 6.02. The van der Waals surface area contributed by atoms with Crippen LogP contribution in [0.2, 0.25) is 0 Å². The van der Waals surface area contributed by atoms with Crippen molar-refractivity contribution in [3.8, 4) is 17.5 Å². The molecule has 0 unspecified atom stereocenters. The van der Waals surface area contributed by atoms with Crippen molar-refractivity contribution in [1.29, 1.82) is 0 Å². The van der Waals surface area contributed by atoms with E-state index in [1.54, 1.807) is 18.3 Å². The number of nitrogens with zero attached hydrogens (tertiary/aromatic N) is 2. The molecule has 0 saturated carbocycles. The van der Waals surface area contributed by atoms with Crippen LogP contribution in [0.15, 0.2) is 79.1 Å². The molecule has 0 aliphatic heterocycles. The van der Waals surface area contributed by atoms with E-state index in [-0.39, 0.29) is 5.82 Å². The van der Waals surface area contributed by atoms with E-state index in [1.807, 2.05) is 53.2 Å². The Morgan fingerprint density at radius 2 is 1.62 bits per heavy atom. The van der Waals surface area contributed by atoms with Gasteiger partial charge in [0.05, 0.1) is 0 Å². The number of fused-ring (bicyclic) bond motifs is 1. The first-order valence-corrected chi connectivity index (χ1v) is 7.60. The molecule has 0 fully saturated rings. The van der Waals surface area contributed by atoms with Gasteiger partial charge in [-0.25, -0.2) is 9.37 Å². The van der Waals surface area contributed by atoms with Gasteiger partial charge in [-0.3, -0.25) is 0 Å². The van der Waals surface area contributed by atoms with E-state index in [9.17, 15) is 4.39 Å². The summed E-state index contributed by atoms with van der Waals surface area (Å²) in [7, 11) is 0. The summed E-state index contributed by atoms with van der Waals surface area (Å²) in [5.74, 6) is 5.98. The molecule has 0 spiro atoms. The van der Waals surface area contributed by atoms with Crippen LogP contribution < -0.4 is 0 Å². The van der Waals surface area contributed by atoms with E-state index in [1.165, 1.54) is 12.1 Å². The third kappa shape index (κ3) is 2.66. The van der Waals surface area contributed by atoms with Crippen LogP contribution in [-0.2, 0) is 0 Å². The van der Waals surface area contributed by atoms with Crippen LogP contribution in [0.1, 0.15) is 11.1 Å². The number of para-hydroxylation sites is 1. The minimum absolute atomic E-state index is 0.258. The fraction of sp³-hybridized carbons (Fsp3) is 0. The monoisotopic (exact) mass is 312 g/mol. The molecule has 0 radical (unpaired) electrons. The molecule has 0 aliphatic carbocycles. The summed E-state index contributed by atoms with van der Waals surface area (Å²) < 4.78 is 15.0. The molecule has 2 aromatic carbocycles. The van der Waals surface area contributed by atoms with E-state index in [2.05, 4.69) is 16.8 Å². The van der Waals surface area contributed by atoms with E-state index in [4.69, 9.17) is 0 Å². The van der Waals surface area contributed by atoms with Crippen molar-refractivity contribution in [1.82, 2.24) is 9.55 Å². The Morgan fingerprint density at radius 3 is 2.42 bits per heavy atom. The Bertz CT molecular complexity index is 1050. The summed E-state index contributed by atoms with van der Waals surface area (Å²) in [6, 6.07) is 20.2. The first kappa shape index (κ1) is 14.2. The molecule has 2 aromatic heterocycles. The van der Waals surface area contributed by atoms with Gasteiger partial charge in [0.15, 0.2) is 0 Å². The summed E-state index contributed by atoms with van der Waals surface area (Å²) >= 11 is 0. The maximum absolute atomic E-state index is 13.0. The van der Waals surface area contributed by atoms with Gasteiger partial charge < -0.3 is 4.57 Å². The highest BCUT2D eigenvalue weighted by atomic mass is 19.1. The lowest BCUT2D eigenvalue weighted by Crippen LogP contribution is -1.93. The van der Waals surface area contributed by atoms with Gasteiger partial charge in [0.1, 0.15) is 11.5 Å². The Balaban J connectivity index is 1.78. The molecule has 0 bridgehead atoms.